The van der Waals surface area contributed by atoms with E-state index in [2.05, 4.69) is 15.5 Å². The third-order valence-electron chi connectivity index (χ3n) is 3.16. The summed E-state index contributed by atoms with van der Waals surface area (Å²) in [6.07, 6.45) is 2.35. The Morgan fingerprint density at radius 1 is 1.32 bits per heavy atom. The fraction of sp³-hybridized carbons (Fsp3) is 0.400. The summed E-state index contributed by atoms with van der Waals surface area (Å²) in [6.45, 7) is 1.99. The van der Waals surface area contributed by atoms with E-state index in [1.807, 2.05) is 6.92 Å². The molecular weight excluding hydrogens is 356 g/mol. The monoisotopic (exact) mass is 373 g/mol. The van der Waals surface area contributed by atoms with Crippen LogP contribution in [0, 0.1) is 11.6 Å². The Balaban J connectivity index is 1.95. The molecule has 1 N–H and O–H groups in total. The lowest BCUT2D eigenvalue weighted by Gasteiger charge is -2.06. The van der Waals surface area contributed by atoms with Gasteiger partial charge in [-0.05, 0) is 18.6 Å². The zero-order valence-corrected chi connectivity index (χ0v) is 14.3. The molecule has 7 nitrogen and oxygen atoms in total. The molecule has 0 aliphatic carbocycles. The highest BCUT2D eigenvalue weighted by molar-refractivity contribution is 7.91. The van der Waals surface area contributed by atoms with Crippen LogP contribution < -0.4 is 5.32 Å². The van der Waals surface area contributed by atoms with Crippen LogP contribution in [0.3, 0.4) is 0 Å². The lowest BCUT2D eigenvalue weighted by atomic mass is 10.2. The standard InChI is InChI=1S/C15H17F2N3O4S/c1-2-3-4-13-19-15(24-20-13)9-25(22,23)8-14(21)18-12-6-5-10(16)7-11(12)17/h5-7H,2-4,8-9H2,1H3,(H,18,21). The SMILES string of the molecule is CCCCc1noc(CS(=O)(=O)CC(=O)Nc2ccc(F)cc2F)n1. The molecule has 25 heavy (non-hydrogen) atoms. The average Bonchev–Trinajstić information content (AvgIpc) is 2.94. The van der Waals surface area contributed by atoms with Gasteiger partial charge in [-0.3, -0.25) is 4.79 Å². The third kappa shape index (κ3) is 5.89. The smallest absolute Gasteiger partial charge is 0.241 e. The van der Waals surface area contributed by atoms with E-state index in [-0.39, 0.29) is 11.6 Å². The number of amides is 1. The zero-order chi connectivity index (χ0) is 18.4. The van der Waals surface area contributed by atoms with Crippen LogP contribution in [0.25, 0.3) is 0 Å². The van der Waals surface area contributed by atoms with E-state index in [0.717, 1.165) is 25.0 Å². The summed E-state index contributed by atoms with van der Waals surface area (Å²) in [5.74, 6) is -3.93. The largest absolute Gasteiger partial charge is 0.338 e. The van der Waals surface area contributed by atoms with E-state index >= 15 is 0 Å². The van der Waals surface area contributed by atoms with Crippen LogP contribution in [-0.4, -0.2) is 30.2 Å². The Labute approximate surface area is 143 Å². The van der Waals surface area contributed by atoms with Crippen molar-refractivity contribution in [1.29, 1.82) is 0 Å². The van der Waals surface area contributed by atoms with Crippen LogP contribution in [0.2, 0.25) is 0 Å². The summed E-state index contributed by atoms with van der Waals surface area (Å²) in [5.41, 5.74) is -0.304. The van der Waals surface area contributed by atoms with Crippen LogP contribution in [0.15, 0.2) is 22.7 Å². The highest BCUT2D eigenvalue weighted by Crippen LogP contribution is 2.15. The lowest BCUT2D eigenvalue weighted by Crippen LogP contribution is -2.24. The summed E-state index contributed by atoms with van der Waals surface area (Å²) in [5, 5.41) is 5.75. The first-order valence-corrected chi connectivity index (χ1v) is 9.38. The zero-order valence-electron chi connectivity index (χ0n) is 13.5. The van der Waals surface area contributed by atoms with Gasteiger partial charge in [0.1, 0.15) is 23.1 Å². The molecule has 1 aromatic carbocycles. The number of carbonyl (C=O) groups is 1. The molecule has 0 atom stereocenters. The van der Waals surface area contributed by atoms with Gasteiger partial charge in [0, 0.05) is 12.5 Å². The summed E-state index contributed by atoms with van der Waals surface area (Å²) >= 11 is 0. The number of rotatable bonds is 8. The molecule has 2 aromatic rings. The van der Waals surface area contributed by atoms with Gasteiger partial charge >= 0.3 is 0 Å². The van der Waals surface area contributed by atoms with Gasteiger partial charge in [0.15, 0.2) is 15.7 Å². The normalized spacial score (nSPS) is 11.5. The number of anilines is 1. The first-order chi connectivity index (χ1) is 11.8. The van der Waals surface area contributed by atoms with Crippen LogP contribution in [-0.2, 0) is 26.8 Å². The first kappa shape index (κ1) is 19.0. The van der Waals surface area contributed by atoms with Crippen LogP contribution in [0.1, 0.15) is 31.5 Å². The summed E-state index contributed by atoms with van der Waals surface area (Å²) < 4.78 is 55.2. The van der Waals surface area contributed by atoms with Crippen molar-refractivity contribution in [2.45, 2.75) is 31.9 Å². The maximum Gasteiger partial charge on any atom is 0.241 e. The maximum atomic E-state index is 13.5. The summed E-state index contributed by atoms with van der Waals surface area (Å²) in [6, 6.07) is 2.54. The Bertz CT molecular complexity index is 852. The number of nitrogens with zero attached hydrogens (tertiary/aromatic N) is 2. The Hall–Kier alpha value is -2.36. The Morgan fingerprint density at radius 2 is 2.08 bits per heavy atom. The minimum atomic E-state index is -3.89. The molecular formula is C15H17F2N3O4S. The predicted molar refractivity (Wildman–Crippen MR) is 85.4 cm³/mol. The second-order valence-corrected chi connectivity index (χ2v) is 7.48. The molecule has 0 fully saturated rings. The van der Waals surface area contributed by atoms with Crippen LogP contribution >= 0.6 is 0 Å². The molecule has 0 radical (unpaired) electrons. The Kier molecular flexibility index (Phi) is 6.18. The fourth-order valence-electron chi connectivity index (χ4n) is 2.00. The molecule has 0 aliphatic heterocycles. The molecule has 0 saturated carbocycles. The van der Waals surface area contributed by atoms with E-state index in [0.29, 0.717) is 18.3 Å². The quantitative estimate of drug-likeness (QED) is 0.761. The van der Waals surface area contributed by atoms with Crippen molar-refractivity contribution < 1.29 is 26.5 Å². The van der Waals surface area contributed by atoms with Gasteiger partial charge in [-0.25, -0.2) is 17.2 Å². The van der Waals surface area contributed by atoms with Crippen LogP contribution in [0.4, 0.5) is 14.5 Å². The highest BCUT2D eigenvalue weighted by Gasteiger charge is 2.22. The summed E-state index contributed by atoms with van der Waals surface area (Å²) in [7, 11) is -3.89. The van der Waals surface area contributed by atoms with Crippen molar-refractivity contribution in [1.82, 2.24) is 10.1 Å². The molecule has 10 heteroatoms. The predicted octanol–water partition coefficient (Wildman–Crippen LogP) is 2.24. The Morgan fingerprint density at radius 3 is 2.76 bits per heavy atom. The van der Waals surface area contributed by atoms with E-state index < -0.39 is 38.9 Å². The highest BCUT2D eigenvalue weighted by atomic mass is 32.2. The van der Waals surface area contributed by atoms with Gasteiger partial charge in [-0.1, -0.05) is 18.5 Å². The molecule has 0 aliphatic rings. The first-order valence-electron chi connectivity index (χ1n) is 7.56. The average molecular weight is 373 g/mol. The topological polar surface area (TPSA) is 102 Å². The molecule has 0 bridgehead atoms. The number of aryl methyl sites for hydroxylation is 1. The van der Waals surface area contributed by atoms with Gasteiger partial charge in [-0.2, -0.15) is 4.98 Å². The third-order valence-corrected chi connectivity index (χ3v) is 4.55. The molecule has 136 valence electrons. The fourth-order valence-corrected chi connectivity index (χ4v) is 3.07. The van der Waals surface area contributed by atoms with Crippen molar-refractivity contribution in [2.75, 3.05) is 11.1 Å². The minimum Gasteiger partial charge on any atom is -0.338 e. The number of nitrogens with one attached hydrogen (secondary N) is 1. The number of hydrogen-bond acceptors (Lipinski definition) is 6. The lowest BCUT2D eigenvalue weighted by molar-refractivity contribution is -0.113. The second-order valence-electron chi connectivity index (χ2n) is 5.41. The second kappa shape index (κ2) is 8.15. The number of halogens is 2. The van der Waals surface area contributed by atoms with Gasteiger partial charge in [0.2, 0.25) is 11.8 Å². The number of benzene rings is 1. The number of hydrogen-bond donors (Lipinski definition) is 1. The van der Waals surface area contributed by atoms with E-state index in [4.69, 9.17) is 4.52 Å². The maximum absolute atomic E-state index is 13.5. The van der Waals surface area contributed by atoms with E-state index in [1.54, 1.807) is 0 Å². The van der Waals surface area contributed by atoms with Gasteiger partial charge < -0.3 is 9.84 Å². The van der Waals surface area contributed by atoms with Gasteiger partial charge in [0.05, 0.1) is 5.69 Å². The number of aromatic nitrogens is 2. The number of carbonyl (C=O) groups excluding carboxylic acids is 1. The van der Waals surface area contributed by atoms with E-state index in [1.165, 1.54) is 0 Å². The molecule has 1 heterocycles. The van der Waals surface area contributed by atoms with Crippen molar-refractivity contribution in [3.63, 3.8) is 0 Å². The van der Waals surface area contributed by atoms with Crippen molar-refractivity contribution in [3.8, 4) is 0 Å². The molecule has 1 aromatic heterocycles. The number of sulfone groups is 1. The number of unbranched alkanes of at least 4 members (excludes halogenated alkanes) is 1. The van der Waals surface area contributed by atoms with Crippen molar-refractivity contribution in [3.05, 3.63) is 41.5 Å². The molecule has 1 amide bonds. The van der Waals surface area contributed by atoms with Crippen LogP contribution in [0.5, 0.6) is 0 Å². The minimum absolute atomic E-state index is 0.105. The van der Waals surface area contributed by atoms with Gasteiger partial charge in [-0.15, -0.1) is 0 Å². The van der Waals surface area contributed by atoms with Crippen molar-refractivity contribution >= 4 is 21.4 Å². The van der Waals surface area contributed by atoms with Crippen molar-refractivity contribution in [2.24, 2.45) is 0 Å². The molecule has 2 rings (SSSR count). The molecule has 0 saturated heterocycles. The van der Waals surface area contributed by atoms with E-state index in [9.17, 15) is 22.0 Å². The van der Waals surface area contributed by atoms with Gasteiger partial charge in [0.25, 0.3) is 0 Å². The molecule has 0 spiro atoms. The molecule has 0 unspecified atom stereocenters. The summed E-state index contributed by atoms with van der Waals surface area (Å²) in [4.78, 5) is 15.7.